The summed E-state index contributed by atoms with van der Waals surface area (Å²) in [5, 5.41) is 23.3. The molecule has 0 bridgehead atoms. The lowest BCUT2D eigenvalue weighted by Crippen LogP contribution is -2.57. The fourth-order valence-corrected chi connectivity index (χ4v) is 4.69. The number of benzene rings is 1. The average molecular weight is 396 g/mol. The van der Waals surface area contributed by atoms with E-state index in [1.165, 1.54) is 6.20 Å². The average Bonchev–Trinajstić information content (AvgIpc) is 3.25. The lowest BCUT2D eigenvalue weighted by Gasteiger charge is -2.42. The number of aromatic nitrogens is 2. The molecule has 2 aromatic rings. The number of hydrogen-bond donors (Lipinski definition) is 1. The van der Waals surface area contributed by atoms with Crippen molar-refractivity contribution in [2.45, 2.75) is 38.0 Å². The van der Waals surface area contributed by atoms with Gasteiger partial charge in [-0.1, -0.05) is 0 Å². The Hall–Kier alpha value is -3.12. The Morgan fingerprint density at radius 2 is 2.07 bits per heavy atom. The second-order valence-corrected chi connectivity index (χ2v) is 7.93. The molecule has 2 atom stereocenters. The molecule has 0 spiro atoms. The molecule has 9 nitrogen and oxygen atoms in total. The maximum Gasteiger partial charge on any atom is 0.415 e. The predicted octanol–water partition coefficient (Wildman–Crippen LogP) is 2.32. The second kappa shape index (κ2) is 7.37. The number of nitrogens with zero attached hydrogens (tertiary/aromatic N) is 5. The van der Waals surface area contributed by atoms with E-state index >= 15 is 0 Å². The summed E-state index contributed by atoms with van der Waals surface area (Å²) < 4.78 is 7.84. The van der Waals surface area contributed by atoms with Crippen LogP contribution in [0.2, 0.25) is 0 Å². The molecule has 29 heavy (non-hydrogen) atoms. The summed E-state index contributed by atoms with van der Waals surface area (Å²) in [5.41, 5.74) is 1.30. The van der Waals surface area contributed by atoms with Crippen LogP contribution in [-0.4, -0.2) is 46.3 Å². The van der Waals surface area contributed by atoms with Crippen molar-refractivity contribution in [3.05, 3.63) is 46.1 Å². The van der Waals surface area contributed by atoms with Gasteiger partial charge in [0.05, 0.1) is 24.2 Å². The highest BCUT2D eigenvalue weighted by Crippen LogP contribution is 2.38. The maximum absolute atomic E-state index is 10.9. The lowest BCUT2D eigenvalue weighted by atomic mass is 9.80. The Kier molecular flexibility index (Phi) is 4.88. The van der Waals surface area contributed by atoms with Gasteiger partial charge in [-0.2, -0.15) is 5.26 Å². The molecule has 2 unspecified atom stereocenters. The molecule has 1 N–H and O–H groups in total. The van der Waals surface area contributed by atoms with E-state index in [0.717, 1.165) is 31.6 Å². The number of nitro groups is 1. The predicted molar refractivity (Wildman–Crippen MR) is 107 cm³/mol. The molecule has 2 aliphatic heterocycles. The highest BCUT2D eigenvalue weighted by atomic mass is 16.6. The van der Waals surface area contributed by atoms with Crippen LogP contribution in [0.3, 0.4) is 0 Å². The van der Waals surface area contributed by atoms with Gasteiger partial charge in [0.25, 0.3) is 0 Å². The zero-order valence-electron chi connectivity index (χ0n) is 16.5. The molecule has 152 valence electrons. The largest absolute Gasteiger partial charge is 0.436 e. The van der Waals surface area contributed by atoms with Crippen LogP contribution in [0.1, 0.15) is 25.3 Å². The molecule has 1 fully saturated rings. The highest BCUT2D eigenvalue weighted by Gasteiger charge is 2.48. The van der Waals surface area contributed by atoms with Crippen LogP contribution in [-0.2, 0) is 6.54 Å². The number of nitrogens with one attached hydrogen (secondary N) is 1. The number of imidazole rings is 1. The Bertz CT molecular complexity index is 917. The molecule has 0 amide bonds. The summed E-state index contributed by atoms with van der Waals surface area (Å²) in [7, 11) is 1.94. The maximum atomic E-state index is 10.9. The molecule has 0 saturated carbocycles. The third-order valence-electron chi connectivity index (χ3n) is 6.06. The van der Waals surface area contributed by atoms with Gasteiger partial charge in [0, 0.05) is 23.8 Å². The first-order chi connectivity index (χ1) is 13.9. The molecule has 4 rings (SSSR count). The van der Waals surface area contributed by atoms with Gasteiger partial charge < -0.3 is 25.1 Å². The first-order valence-corrected chi connectivity index (χ1v) is 9.76. The number of likely N-dealkylation sites (N-methyl/N-ethyl adjacent to an activating group) is 1. The third-order valence-corrected chi connectivity index (χ3v) is 6.06. The Morgan fingerprint density at radius 3 is 2.62 bits per heavy atom. The number of fused-ring (bicyclic) bond motifs is 1. The smallest absolute Gasteiger partial charge is 0.415 e. The number of rotatable bonds is 5. The third kappa shape index (κ3) is 3.51. The van der Waals surface area contributed by atoms with E-state index < -0.39 is 10.5 Å². The first-order valence-electron chi connectivity index (χ1n) is 9.76. The van der Waals surface area contributed by atoms with Crippen molar-refractivity contribution in [1.82, 2.24) is 14.9 Å². The lowest BCUT2D eigenvalue weighted by molar-refractivity contribution is -0.389. The van der Waals surface area contributed by atoms with E-state index in [1.807, 2.05) is 38.2 Å². The van der Waals surface area contributed by atoms with Gasteiger partial charge >= 0.3 is 11.8 Å². The van der Waals surface area contributed by atoms with Gasteiger partial charge in [0.1, 0.15) is 11.8 Å². The molecule has 2 aliphatic rings. The minimum atomic E-state index is -0.506. The molecule has 0 radical (unpaired) electrons. The van der Waals surface area contributed by atoms with Crippen LogP contribution >= 0.6 is 0 Å². The van der Waals surface area contributed by atoms with Crippen LogP contribution in [0, 0.1) is 27.4 Å². The Balaban J connectivity index is 1.42. The SMILES string of the molecule is CNC(C1CCN(c2ccc(C#N)cc2)CC1)C1(C)Cn2cc([N+](=O)[O-])nc2O1. The number of piperidine rings is 1. The van der Waals surface area contributed by atoms with Gasteiger partial charge in [0.2, 0.25) is 0 Å². The molecule has 1 saturated heterocycles. The molecule has 1 aromatic carbocycles. The van der Waals surface area contributed by atoms with Crippen molar-refractivity contribution in [2.24, 2.45) is 5.92 Å². The minimum Gasteiger partial charge on any atom is -0.436 e. The van der Waals surface area contributed by atoms with E-state index in [0.29, 0.717) is 24.0 Å². The molecule has 3 heterocycles. The van der Waals surface area contributed by atoms with E-state index in [4.69, 9.17) is 10.00 Å². The molecule has 9 heteroatoms. The Morgan fingerprint density at radius 1 is 1.38 bits per heavy atom. The normalized spacial score (nSPS) is 22.6. The summed E-state index contributed by atoms with van der Waals surface area (Å²) in [6.45, 7) is 4.44. The molecular formula is C20H24N6O3. The zero-order chi connectivity index (χ0) is 20.6. The molecular weight excluding hydrogens is 372 g/mol. The van der Waals surface area contributed by atoms with Crippen molar-refractivity contribution < 1.29 is 9.66 Å². The summed E-state index contributed by atoms with van der Waals surface area (Å²) in [6.07, 6.45) is 3.46. The van der Waals surface area contributed by atoms with Crippen LogP contribution in [0.5, 0.6) is 6.01 Å². The van der Waals surface area contributed by atoms with Crippen LogP contribution in [0.15, 0.2) is 30.5 Å². The summed E-state index contributed by atoms with van der Waals surface area (Å²) in [5.74, 6) is 0.234. The van der Waals surface area contributed by atoms with E-state index in [2.05, 4.69) is 21.3 Å². The van der Waals surface area contributed by atoms with E-state index in [9.17, 15) is 10.1 Å². The topological polar surface area (TPSA) is 109 Å². The van der Waals surface area contributed by atoms with Crippen molar-refractivity contribution in [1.29, 1.82) is 5.26 Å². The monoisotopic (exact) mass is 396 g/mol. The second-order valence-electron chi connectivity index (χ2n) is 7.93. The fraction of sp³-hybridized carbons (Fsp3) is 0.500. The van der Waals surface area contributed by atoms with Crippen LogP contribution in [0.4, 0.5) is 11.5 Å². The highest BCUT2D eigenvalue weighted by molar-refractivity contribution is 5.50. The van der Waals surface area contributed by atoms with E-state index in [1.54, 1.807) is 4.57 Å². The summed E-state index contributed by atoms with van der Waals surface area (Å²) in [6, 6.07) is 10.3. The van der Waals surface area contributed by atoms with Gasteiger partial charge in [-0.05, 0) is 61.9 Å². The minimum absolute atomic E-state index is 0.103. The number of ether oxygens (including phenoxy) is 1. The van der Waals surface area contributed by atoms with E-state index in [-0.39, 0.29) is 11.9 Å². The number of hydrogen-bond acceptors (Lipinski definition) is 7. The molecule has 1 aromatic heterocycles. The van der Waals surface area contributed by atoms with Crippen molar-refractivity contribution in [2.75, 3.05) is 25.0 Å². The number of anilines is 1. The first kappa shape index (κ1) is 19.2. The number of nitriles is 1. The standard InChI is InChI=1S/C20H24N6O3/c1-20(13-25-12-17(26(27)28)23-19(25)29-20)18(22-2)15-7-9-24(10-8-15)16-5-3-14(11-21)4-6-16/h3-6,12,15,18,22H,7-10,13H2,1-2H3. The van der Waals surface area contributed by atoms with Crippen molar-refractivity contribution >= 4 is 11.5 Å². The van der Waals surface area contributed by atoms with Crippen LogP contribution < -0.4 is 15.0 Å². The summed E-state index contributed by atoms with van der Waals surface area (Å²) >= 11 is 0. The van der Waals surface area contributed by atoms with Gasteiger partial charge in [-0.25, -0.2) is 0 Å². The van der Waals surface area contributed by atoms with Gasteiger partial charge in [-0.15, -0.1) is 0 Å². The molecule has 0 aliphatic carbocycles. The van der Waals surface area contributed by atoms with Gasteiger partial charge in [-0.3, -0.25) is 4.57 Å². The quantitative estimate of drug-likeness (QED) is 0.610. The Labute approximate surface area is 169 Å². The van der Waals surface area contributed by atoms with Crippen molar-refractivity contribution in [3.8, 4) is 12.1 Å². The zero-order valence-corrected chi connectivity index (χ0v) is 16.5. The summed E-state index contributed by atoms with van der Waals surface area (Å²) in [4.78, 5) is 16.8. The van der Waals surface area contributed by atoms with Crippen LogP contribution in [0.25, 0.3) is 0 Å². The fourth-order valence-electron chi connectivity index (χ4n) is 4.69. The van der Waals surface area contributed by atoms with Crippen molar-refractivity contribution in [3.63, 3.8) is 0 Å². The van der Waals surface area contributed by atoms with Gasteiger partial charge in [0.15, 0.2) is 0 Å².